The van der Waals surface area contributed by atoms with Gasteiger partial charge in [0.15, 0.2) is 11.9 Å². The lowest BCUT2D eigenvalue weighted by Crippen LogP contribution is -2.58. The van der Waals surface area contributed by atoms with Crippen molar-refractivity contribution in [2.45, 2.75) is 169 Å². The molecule has 22 N–H and O–H groups in total. The monoisotopic (exact) mass is 1630 g/mol. The number of nitrogens with one attached hydrogen (secondary N) is 18. The van der Waals surface area contributed by atoms with E-state index in [2.05, 4.69) is 108 Å². The van der Waals surface area contributed by atoms with Crippen LogP contribution in [-0.4, -0.2) is 200 Å². The van der Waals surface area contributed by atoms with Crippen LogP contribution < -0.4 is 96.6 Å². The van der Waals surface area contributed by atoms with E-state index in [1.165, 1.54) is 24.5 Å². The summed E-state index contributed by atoms with van der Waals surface area (Å²) in [6.45, 7) is 0.626. The number of nitrogens with zero attached hydrogens (tertiary/aromatic N) is 2. The van der Waals surface area contributed by atoms with Crippen LogP contribution in [0.25, 0.3) is 21.5 Å². The number of guanidine groups is 2. The Labute approximate surface area is 680 Å². The minimum Gasteiger partial charge on any atom is -0.370 e. The number of rotatable bonds is 34. The molecule has 6 aromatic rings. The van der Waals surface area contributed by atoms with Gasteiger partial charge in [-0.25, -0.2) is 4.98 Å². The Morgan fingerprint density at radius 1 is 0.513 bits per heavy atom. The summed E-state index contributed by atoms with van der Waals surface area (Å²) in [5, 5.41) is 62.9. The quantitative estimate of drug-likeness (QED) is 0.00617. The van der Waals surface area contributed by atoms with Crippen molar-refractivity contribution >= 4 is 141 Å². The summed E-state index contributed by atoms with van der Waals surface area (Å²) in [6.07, 6.45) is 2.92. The van der Waals surface area contributed by atoms with Crippen molar-refractivity contribution in [1.82, 2.24) is 84.7 Å². The van der Waals surface area contributed by atoms with Gasteiger partial charge >= 0.3 is 0 Å². The highest BCUT2D eigenvalue weighted by Gasteiger charge is 2.36. The van der Waals surface area contributed by atoms with E-state index in [9.17, 15) is 67.1 Å². The number of aldehydes is 1. The molecular weight excluding hydrogens is 1530 g/mol. The molecule has 0 bridgehead atoms. The average molecular weight is 1630 g/mol. The fourth-order valence-corrected chi connectivity index (χ4v) is 13.1. The molecule has 2 saturated heterocycles. The maximum atomic E-state index is 14.7. The second-order valence-corrected chi connectivity index (χ2v) is 28.6. The number of pyridine rings is 1. The number of fused-ring (bicyclic) bond motifs is 2. The van der Waals surface area contributed by atoms with E-state index in [0.717, 1.165) is 27.1 Å². The highest BCUT2D eigenvalue weighted by atomic mass is 32.1. The molecule has 622 valence electrons. The van der Waals surface area contributed by atoms with Gasteiger partial charge in [0.2, 0.25) is 70.9 Å². The summed E-state index contributed by atoms with van der Waals surface area (Å²) >= 11 is 4.45. The minimum atomic E-state index is -1.48. The van der Waals surface area contributed by atoms with E-state index in [1.807, 2.05) is 97.1 Å². The standard InChI is InChI=1S/C80H102N22O14S/c1-2-55-73(111)100-62(41-47-25-27-49-15-3-5-17-51(49)39-47)77(115)98-58(74(112)96-56(22-13-36-87-79(81)82)71(109)90-45-67(105)93-55)20-9-11-34-85-66(104)32-30-60(95-69(107)54-29-31-65(89-43-54)102-92-44-53-19-7-8-24-64(53)117)70(108)86-35-12-10-21-59-75(113)97-57(23-14-37-88-80(83)84)72(110)91-46-68(106)94-61(33-38-103)76(114)101-63(78(116)99-59)42-48-26-28-50-16-4-6-18-52(50)40-48/h3-8,15-19,24-29,31,38-40,43-44,55-63,117H,2,9-14,20-23,30,32-37,41-42,45-46H2,1H3,(H,85,104)(H,86,108)(H,89,102)(H,90,109)(H,91,110)(H,93,105)(H,94,106)(H,95,107)(H,96,112)(H,97,113)(H,98,115)(H,99,116)(H,100,111)(H,101,114)(H4,81,82,87)(H4,83,84,88)/t55-,56-,57-,58-,59-,60?,61-,62+,63+/m0/s1. The van der Waals surface area contributed by atoms with Crippen molar-refractivity contribution in [2.24, 2.45) is 16.6 Å². The average Bonchev–Trinajstić information content (AvgIpc) is 1.25. The van der Waals surface area contributed by atoms with Crippen LogP contribution in [0.2, 0.25) is 0 Å². The summed E-state index contributed by atoms with van der Waals surface area (Å²) in [5.74, 6) is -10.3. The molecule has 0 aliphatic carbocycles. The Morgan fingerprint density at radius 2 is 0.957 bits per heavy atom. The minimum absolute atomic E-state index is 0.00538. The lowest BCUT2D eigenvalue weighted by molar-refractivity contribution is -0.134. The Morgan fingerprint density at radius 3 is 1.45 bits per heavy atom. The van der Waals surface area contributed by atoms with Gasteiger partial charge in [-0.1, -0.05) is 110 Å². The first-order chi connectivity index (χ1) is 56.3. The summed E-state index contributed by atoms with van der Waals surface area (Å²) < 4.78 is 0. The van der Waals surface area contributed by atoms with Gasteiger partial charge in [-0.15, -0.1) is 12.6 Å². The first-order valence-electron chi connectivity index (χ1n) is 38.7. The van der Waals surface area contributed by atoms with E-state index < -0.39 is 151 Å². The maximum absolute atomic E-state index is 14.7. The number of hydrogen-bond donors (Lipinski definition) is 21. The highest BCUT2D eigenvalue weighted by Crippen LogP contribution is 2.21. The van der Waals surface area contributed by atoms with Crippen molar-refractivity contribution < 1.29 is 67.1 Å². The van der Waals surface area contributed by atoms with Gasteiger partial charge in [0.05, 0.1) is 24.9 Å². The maximum Gasteiger partial charge on any atom is 0.253 e. The number of benzene rings is 5. The van der Waals surface area contributed by atoms with E-state index in [1.54, 1.807) is 19.1 Å². The molecule has 3 heterocycles. The number of carbonyl (C=O) groups is 14. The molecule has 1 unspecified atom stereocenters. The number of hydrogen-bond acceptors (Lipinski definition) is 20. The number of amides is 13. The van der Waals surface area contributed by atoms with Crippen LogP contribution in [0, 0.1) is 10.8 Å². The third kappa shape index (κ3) is 29.7. The number of unbranched alkanes of at least 4 members (excludes halogenated alkanes) is 2. The third-order valence-corrected chi connectivity index (χ3v) is 19.7. The van der Waals surface area contributed by atoms with Gasteiger partial charge in [0.25, 0.3) is 5.91 Å². The van der Waals surface area contributed by atoms with E-state index in [4.69, 9.17) is 22.3 Å². The largest absolute Gasteiger partial charge is 0.370 e. The molecule has 2 aliphatic heterocycles. The van der Waals surface area contributed by atoms with Crippen LogP contribution in [0.4, 0.5) is 5.82 Å². The fraction of sp³-hybridized carbons (Fsp3) is 0.400. The van der Waals surface area contributed by atoms with Gasteiger partial charge in [0, 0.05) is 68.5 Å². The van der Waals surface area contributed by atoms with Crippen LogP contribution in [0.5, 0.6) is 0 Å². The molecule has 0 spiro atoms. The molecule has 5 aromatic carbocycles. The predicted octanol–water partition coefficient (Wildman–Crippen LogP) is -0.277. The Balaban J connectivity index is 0.966. The lowest BCUT2D eigenvalue weighted by Gasteiger charge is -2.26. The van der Waals surface area contributed by atoms with Gasteiger partial charge in [-0.05, 0) is 128 Å². The van der Waals surface area contributed by atoms with E-state index >= 15 is 0 Å². The predicted molar refractivity (Wildman–Crippen MR) is 439 cm³/mol. The topological polar surface area (TPSA) is 556 Å². The van der Waals surface area contributed by atoms with Crippen LogP contribution >= 0.6 is 12.6 Å². The van der Waals surface area contributed by atoms with Crippen molar-refractivity contribution in [3.63, 3.8) is 0 Å². The molecule has 1 aromatic heterocycles. The molecule has 2 fully saturated rings. The molecule has 37 heteroatoms. The smallest absolute Gasteiger partial charge is 0.253 e. The van der Waals surface area contributed by atoms with Gasteiger partial charge in [-0.2, -0.15) is 5.10 Å². The molecular formula is C80H102N22O14S. The molecule has 13 amide bonds. The number of carbonyl (C=O) groups excluding carboxylic acids is 14. The van der Waals surface area contributed by atoms with E-state index in [0.29, 0.717) is 22.3 Å². The second-order valence-electron chi connectivity index (χ2n) is 28.1. The van der Waals surface area contributed by atoms with E-state index in [-0.39, 0.29) is 146 Å². The number of nitrogens with two attached hydrogens (primary N) is 2. The summed E-state index contributed by atoms with van der Waals surface area (Å²) in [4.78, 5) is 199. The molecule has 2 aliphatic rings. The van der Waals surface area contributed by atoms with Crippen molar-refractivity contribution in [2.75, 3.05) is 44.7 Å². The molecule has 9 atom stereocenters. The zero-order valence-electron chi connectivity index (χ0n) is 64.7. The summed E-state index contributed by atoms with van der Waals surface area (Å²) in [6, 6.07) is 24.2. The number of hydrazone groups is 1. The molecule has 117 heavy (non-hydrogen) atoms. The molecule has 0 saturated carbocycles. The summed E-state index contributed by atoms with van der Waals surface area (Å²) in [5.41, 5.74) is 15.8. The lowest BCUT2D eigenvalue weighted by atomic mass is 10.00. The van der Waals surface area contributed by atoms with Gasteiger partial charge in [-0.3, -0.25) is 78.6 Å². The Bertz CT molecular complexity index is 4590. The third-order valence-electron chi connectivity index (χ3n) is 19.3. The number of thiol groups is 1. The highest BCUT2D eigenvalue weighted by molar-refractivity contribution is 7.80. The van der Waals surface area contributed by atoms with Gasteiger partial charge < -0.3 is 96.0 Å². The second kappa shape index (κ2) is 46.3. The SMILES string of the molecule is CC[C@@H]1NC(=O)CNC(=O)[C@H](CCCNC(=N)N)NC(=O)[C@H](CCCCNC(=O)CCC(NC(=O)c2ccc(NN=Cc3ccccc3S)nc2)C(=O)NCCCC[C@@H]2NC(=O)[C@@H](Cc3ccc4ccccc4c3)NC(=O)[C@H](CC=O)NC(=O)CNC(=O)[C@H](CCCNC(=N)N)NC2=O)NC(=O)[C@@H](Cc2ccc3ccccc3c2)NC1=O. The fourth-order valence-electron chi connectivity index (χ4n) is 12.9. The Kier molecular flexibility index (Phi) is 35.4. The van der Waals surface area contributed by atoms with Crippen LogP contribution in [-0.2, 0) is 75.2 Å². The van der Waals surface area contributed by atoms with Crippen LogP contribution in [0.15, 0.2) is 138 Å². The van der Waals surface area contributed by atoms with Crippen LogP contribution in [0.3, 0.4) is 0 Å². The molecule has 8 rings (SSSR count). The van der Waals surface area contributed by atoms with Crippen molar-refractivity contribution in [3.8, 4) is 0 Å². The van der Waals surface area contributed by atoms with Crippen molar-refractivity contribution in [1.29, 1.82) is 10.8 Å². The Hall–Kier alpha value is -13.1. The summed E-state index contributed by atoms with van der Waals surface area (Å²) in [7, 11) is 0. The normalized spacial score (nSPS) is 19.7. The zero-order chi connectivity index (χ0) is 84.2. The number of anilines is 1. The molecule has 0 radical (unpaired) electrons. The van der Waals surface area contributed by atoms with Gasteiger partial charge in [0.1, 0.15) is 66.5 Å². The first-order valence-corrected chi connectivity index (χ1v) is 39.2. The zero-order valence-corrected chi connectivity index (χ0v) is 65.6. The van der Waals surface area contributed by atoms with Crippen molar-refractivity contribution in [3.05, 3.63) is 150 Å². The first kappa shape index (κ1) is 89.5. The van der Waals surface area contributed by atoms with Crippen LogP contribution in [0.1, 0.15) is 124 Å². The molecule has 36 nitrogen and oxygen atoms in total. The number of aromatic nitrogens is 1.